The van der Waals surface area contributed by atoms with E-state index in [4.69, 9.17) is 5.73 Å². The number of rotatable bonds is 3. The fourth-order valence-electron chi connectivity index (χ4n) is 3.01. The van der Waals surface area contributed by atoms with Crippen molar-refractivity contribution in [3.63, 3.8) is 0 Å². The average molecular weight is 353 g/mol. The Morgan fingerprint density at radius 1 is 1.12 bits per heavy atom. The summed E-state index contributed by atoms with van der Waals surface area (Å²) in [5.41, 5.74) is 11.7. The summed E-state index contributed by atoms with van der Waals surface area (Å²) in [6.45, 7) is 0. The van der Waals surface area contributed by atoms with Crippen LogP contribution >= 0.6 is 11.9 Å². The molecule has 130 valence electrons. The Hall–Kier alpha value is -2.24. The van der Waals surface area contributed by atoms with Crippen LogP contribution in [0.3, 0.4) is 0 Å². The van der Waals surface area contributed by atoms with Gasteiger partial charge in [0.05, 0.1) is 12.0 Å². The number of imidazole rings is 1. The third kappa shape index (κ3) is 4.44. The van der Waals surface area contributed by atoms with Crippen molar-refractivity contribution in [1.82, 2.24) is 14.3 Å². The highest BCUT2D eigenvalue weighted by Gasteiger charge is 2.07. The standard InChI is InChI=1S/C11H14N4S.C9H10/c1-13-16-8-3-4-10(12)9(5-8)11-6-15(2)7-14-11;1-2-5-9-7-3-6-8(9)4-1/h3-7,13H,12H2,1-2H3;1-2,4-5H,3,6-7H2. The van der Waals surface area contributed by atoms with Gasteiger partial charge in [0.25, 0.3) is 0 Å². The largest absolute Gasteiger partial charge is 0.398 e. The maximum Gasteiger partial charge on any atom is 0.0951 e. The normalized spacial score (nSPS) is 12.4. The second-order valence-electron chi connectivity index (χ2n) is 6.10. The van der Waals surface area contributed by atoms with Crippen molar-refractivity contribution in [3.8, 4) is 11.3 Å². The molecule has 0 amide bonds. The topological polar surface area (TPSA) is 55.9 Å². The lowest BCUT2D eigenvalue weighted by Gasteiger charge is -2.05. The number of aromatic nitrogens is 2. The molecule has 1 aliphatic carbocycles. The van der Waals surface area contributed by atoms with Crippen LogP contribution in [0, 0.1) is 0 Å². The Labute approximate surface area is 153 Å². The van der Waals surface area contributed by atoms with Crippen LogP contribution in [-0.4, -0.2) is 16.6 Å². The number of nitrogens with one attached hydrogen (secondary N) is 1. The number of anilines is 1. The first-order valence-electron chi connectivity index (χ1n) is 8.45. The molecule has 0 spiro atoms. The molecular formula is C20H24N4S. The molecule has 2 aromatic carbocycles. The van der Waals surface area contributed by atoms with Crippen LogP contribution in [0.4, 0.5) is 5.69 Å². The van der Waals surface area contributed by atoms with Gasteiger partial charge in [-0.3, -0.25) is 4.72 Å². The van der Waals surface area contributed by atoms with Crippen molar-refractivity contribution in [2.45, 2.75) is 24.2 Å². The van der Waals surface area contributed by atoms with Crippen LogP contribution in [0.1, 0.15) is 17.5 Å². The second kappa shape index (κ2) is 8.23. The van der Waals surface area contributed by atoms with Gasteiger partial charge in [-0.25, -0.2) is 4.98 Å². The Morgan fingerprint density at radius 3 is 2.44 bits per heavy atom. The molecule has 5 heteroatoms. The van der Waals surface area contributed by atoms with Crippen molar-refractivity contribution in [1.29, 1.82) is 0 Å². The van der Waals surface area contributed by atoms with Gasteiger partial charge < -0.3 is 10.3 Å². The zero-order valence-corrected chi connectivity index (χ0v) is 15.5. The third-order valence-electron chi connectivity index (χ3n) is 4.24. The van der Waals surface area contributed by atoms with Crippen molar-refractivity contribution in [2.24, 2.45) is 7.05 Å². The van der Waals surface area contributed by atoms with E-state index in [2.05, 4.69) is 34.0 Å². The van der Waals surface area contributed by atoms with Crippen LogP contribution in [0.2, 0.25) is 0 Å². The van der Waals surface area contributed by atoms with Gasteiger partial charge in [0, 0.05) is 29.4 Å². The van der Waals surface area contributed by atoms with Gasteiger partial charge in [0.1, 0.15) is 0 Å². The Balaban J connectivity index is 0.000000170. The fraction of sp³-hybridized carbons (Fsp3) is 0.250. The molecule has 0 fully saturated rings. The summed E-state index contributed by atoms with van der Waals surface area (Å²) in [6, 6.07) is 14.7. The molecule has 1 aromatic heterocycles. The molecule has 0 bridgehead atoms. The van der Waals surface area contributed by atoms with Crippen LogP contribution in [-0.2, 0) is 19.9 Å². The summed E-state index contributed by atoms with van der Waals surface area (Å²) in [4.78, 5) is 5.42. The lowest BCUT2D eigenvalue weighted by Crippen LogP contribution is -1.94. The zero-order valence-electron chi connectivity index (χ0n) is 14.7. The quantitative estimate of drug-likeness (QED) is 0.551. The van der Waals surface area contributed by atoms with E-state index in [9.17, 15) is 0 Å². The molecule has 3 N–H and O–H groups in total. The second-order valence-corrected chi connectivity index (χ2v) is 7.19. The highest BCUT2D eigenvalue weighted by Crippen LogP contribution is 2.28. The van der Waals surface area contributed by atoms with Crippen molar-refractivity contribution in [2.75, 3.05) is 12.8 Å². The molecule has 4 nitrogen and oxygen atoms in total. The van der Waals surface area contributed by atoms with Crippen LogP contribution < -0.4 is 10.5 Å². The maximum atomic E-state index is 5.95. The minimum Gasteiger partial charge on any atom is -0.398 e. The van der Waals surface area contributed by atoms with Crippen LogP contribution in [0.5, 0.6) is 0 Å². The van der Waals surface area contributed by atoms with E-state index in [0.29, 0.717) is 0 Å². The van der Waals surface area contributed by atoms with Crippen LogP contribution in [0.15, 0.2) is 59.9 Å². The number of nitrogens with two attached hydrogens (primary N) is 1. The SMILES string of the molecule is CNSc1ccc(N)c(-c2cn(C)cn2)c1.c1ccc2c(c1)CCC2. The first kappa shape index (κ1) is 17.6. The average Bonchev–Trinajstić information content (AvgIpc) is 3.26. The summed E-state index contributed by atoms with van der Waals surface area (Å²) in [5, 5.41) is 0. The first-order valence-corrected chi connectivity index (χ1v) is 9.27. The van der Waals surface area contributed by atoms with E-state index in [1.54, 1.807) is 29.4 Å². The summed E-state index contributed by atoms with van der Waals surface area (Å²) in [5.74, 6) is 0. The fourth-order valence-corrected chi connectivity index (χ4v) is 3.55. The van der Waals surface area contributed by atoms with Gasteiger partial charge in [-0.2, -0.15) is 0 Å². The van der Waals surface area contributed by atoms with E-state index in [-0.39, 0.29) is 0 Å². The number of fused-ring (bicyclic) bond motifs is 1. The smallest absolute Gasteiger partial charge is 0.0951 e. The number of benzene rings is 2. The minimum absolute atomic E-state index is 0.749. The number of hydrogen-bond acceptors (Lipinski definition) is 4. The van der Waals surface area contributed by atoms with E-state index < -0.39 is 0 Å². The van der Waals surface area contributed by atoms with Crippen molar-refractivity contribution < 1.29 is 0 Å². The molecule has 4 rings (SSSR count). The van der Waals surface area contributed by atoms with Gasteiger partial charge in [-0.1, -0.05) is 24.3 Å². The van der Waals surface area contributed by atoms with Gasteiger partial charge in [-0.15, -0.1) is 0 Å². The van der Waals surface area contributed by atoms with E-state index >= 15 is 0 Å². The molecule has 1 heterocycles. The van der Waals surface area contributed by atoms with E-state index in [1.807, 2.05) is 43.1 Å². The van der Waals surface area contributed by atoms with E-state index in [0.717, 1.165) is 21.8 Å². The summed E-state index contributed by atoms with van der Waals surface area (Å²) in [7, 11) is 3.83. The lowest BCUT2D eigenvalue weighted by molar-refractivity contribution is 0.912. The van der Waals surface area contributed by atoms with Crippen molar-refractivity contribution >= 4 is 17.6 Å². The summed E-state index contributed by atoms with van der Waals surface area (Å²) >= 11 is 1.56. The lowest BCUT2D eigenvalue weighted by atomic mass is 10.1. The molecule has 25 heavy (non-hydrogen) atoms. The van der Waals surface area contributed by atoms with Gasteiger partial charge >= 0.3 is 0 Å². The molecule has 0 atom stereocenters. The monoisotopic (exact) mass is 352 g/mol. The molecule has 0 unspecified atom stereocenters. The third-order valence-corrected chi connectivity index (χ3v) is 4.93. The van der Waals surface area contributed by atoms with Crippen LogP contribution in [0.25, 0.3) is 11.3 Å². The van der Waals surface area contributed by atoms with E-state index in [1.165, 1.54) is 19.3 Å². The van der Waals surface area contributed by atoms with Gasteiger partial charge in [0.2, 0.25) is 0 Å². The molecular weight excluding hydrogens is 328 g/mol. The highest BCUT2D eigenvalue weighted by atomic mass is 32.2. The Morgan fingerprint density at radius 2 is 1.84 bits per heavy atom. The predicted molar refractivity (Wildman–Crippen MR) is 106 cm³/mol. The van der Waals surface area contributed by atoms with Gasteiger partial charge in [0.15, 0.2) is 0 Å². The zero-order chi connectivity index (χ0) is 17.6. The first-order chi connectivity index (χ1) is 12.2. The number of hydrogen-bond donors (Lipinski definition) is 2. The molecule has 0 radical (unpaired) electrons. The molecule has 0 saturated heterocycles. The maximum absolute atomic E-state index is 5.95. The molecule has 1 aliphatic rings. The minimum atomic E-state index is 0.749. The summed E-state index contributed by atoms with van der Waals surface area (Å²) in [6.07, 6.45) is 7.69. The highest BCUT2D eigenvalue weighted by molar-refractivity contribution is 7.97. The number of nitrogens with zero attached hydrogens (tertiary/aromatic N) is 2. The van der Waals surface area contributed by atoms with Crippen molar-refractivity contribution in [3.05, 3.63) is 66.1 Å². The molecule has 0 saturated carbocycles. The number of nitrogen functional groups attached to an aromatic ring is 1. The molecule has 0 aliphatic heterocycles. The summed E-state index contributed by atoms with van der Waals surface area (Å²) < 4.78 is 4.95. The molecule has 3 aromatic rings. The Kier molecular flexibility index (Phi) is 5.79. The Bertz CT molecular complexity index is 818. The van der Waals surface area contributed by atoms with Gasteiger partial charge in [-0.05, 0) is 67.6 Å². The predicted octanol–water partition coefficient (Wildman–Crippen LogP) is 4.07. The number of aryl methyl sites for hydroxylation is 3.